The van der Waals surface area contributed by atoms with Gasteiger partial charge >= 0.3 is 0 Å². The Kier molecular flexibility index (Phi) is 4.46. The van der Waals surface area contributed by atoms with Crippen molar-refractivity contribution in [2.75, 3.05) is 13.1 Å². The van der Waals surface area contributed by atoms with E-state index in [1.165, 1.54) is 27.9 Å². The number of fused-ring (bicyclic) bond motifs is 3. The molecule has 5 nitrogen and oxygen atoms in total. The van der Waals surface area contributed by atoms with Crippen molar-refractivity contribution >= 4 is 5.91 Å². The third kappa shape index (κ3) is 3.19. The molecule has 0 saturated heterocycles. The molecule has 0 N–H and O–H groups in total. The first-order valence-corrected chi connectivity index (χ1v) is 11.4. The third-order valence-electron chi connectivity index (χ3n) is 7.44. The van der Waals surface area contributed by atoms with Gasteiger partial charge in [0.05, 0.1) is 0 Å². The van der Waals surface area contributed by atoms with Crippen LogP contribution in [0.2, 0.25) is 0 Å². The number of aryl methyl sites for hydroxylation is 1. The first-order chi connectivity index (χ1) is 15.2. The van der Waals surface area contributed by atoms with Crippen LogP contribution in [0.1, 0.15) is 44.0 Å². The molecule has 2 aromatic carbocycles. The summed E-state index contributed by atoms with van der Waals surface area (Å²) in [5.74, 6) is 0.0860. The van der Waals surface area contributed by atoms with Gasteiger partial charge in [0.15, 0.2) is 5.69 Å². The number of hydrogen-bond donors (Lipinski definition) is 0. The van der Waals surface area contributed by atoms with Crippen LogP contribution in [0, 0.1) is 0 Å². The number of carbonyl (C=O) groups excluding carboxylic acids is 1. The first kappa shape index (κ1) is 18.8. The fourth-order valence-electron chi connectivity index (χ4n) is 5.71. The molecule has 0 spiro atoms. The molecule has 2 aliphatic heterocycles. The van der Waals surface area contributed by atoms with E-state index in [0.717, 1.165) is 50.9 Å². The summed E-state index contributed by atoms with van der Waals surface area (Å²) in [5, 5.41) is 4.72. The van der Waals surface area contributed by atoms with Crippen LogP contribution in [0.3, 0.4) is 0 Å². The molecule has 1 aliphatic carbocycles. The zero-order chi connectivity index (χ0) is 20.9. The molecular formula is C26H28N4O. The van der Waals surface area contributed by atoms with Gasteiger partial charge in [0.25, 0.3) is 5.91 Å². The maximum Gasteiger partial charge on any atom is 0.275 e. The first-order valence-electron chi connectivity index (χ1n) is 11.4. The minimum absolute atomic E-state index is 0.0860. The normalized spacial score (nSPS) is 18.5. The average Bonchev–Trinajstić information content (AvgIpc) is 3.39. The van der Waals surface area contributed by atoms with Crippen LogP contribution in [-0.2, 0) is 45.8 Å². The van der Waals surface area contributed by atoms with Crippen LogP contribution >= 0.6 is 0 Å². The highest BCUT2D eigenvalue weighted by atomic mass is 16.2. The molecule has 5 heteroatoms. The molecule has 1 aromatic heterocycles. The number of hydrogen-bond acceptors (Lipinski definition) is 3. The molecule has 0 atom stereocenters. The number of benzene rings is 2. The summed E-state index contributed by atoms with van der Waals surface area (Å²) in [5.41, 5.74) is 8.62. The van der Waals surface area contributed by atoms with Crippen LogP contribution in [-0.4, -0.2) is 44.6 Å². The van der Waals surface area contributed by atoms with E-state index in [1.807, 2.05) is 16.6 Å². The van der Waals surface area contributed by atoms with Gasteiger partial charge in [-0.2, -0.15) is 5.10 Å². The predicted octanol–water partition coefficient (Wildman–Crippen LogP) is 3.14. The zero-order valence-corrected chi connectivity index (χ0v) is 18.1. The fraction of sp³-hybridized carbons (Fsp3) is 0.385. The second-order valence-electron chi connectivity index (χ2n) is 9.19. The molecule has 158 valence electrons. The third-order valence-corrected chi connectivity index (χ3v) is 7.44. The van der Waals surface area contributed by atoms with Gasteiger partial charge in [-0.1, -0.05) is 48.5 Å². The van der Waals surface area contributed by atoms with Gasteiger partial charge < -0.3 is 4.90 Å². The highest BCUT2D eigenvalue weighted by molar-refractivity contribution is 5.94. The summed E-state index contributed by atoms with van der Waals surface area (Å²) in [6.07, 6.45) is 4.10. The lowest BCUT2D eigenvalue weighted by atomic mass is 9.98. The minimum atomic E-state index is 0.0860. The molecule has 0 bridgehead atoms. The van der Waals surface area contributed by atoms with Gasteiger partial charge in [-0.25, -0.2) is 0 Å². The Bertz CT molecular complexity index is 1140. The van der Waals surface area contributed by atoms with Gasteiger partial charge in [0.2, 0.25) is 0 Å². The predicted molar refractivity (Wildman–Crippen MR) is 120 cm³/mol. The van der Waals surface area contributed by atoms with Crippen molar-refractivity contribution in [2.45, 2.75) is 44.8 Å². The second kappa shape index (κ2) is 7.34. The van der Waals surface area contributed by atoms with Crippen LogP contribution in [0.25, 0.3) is 0 Å². The standard InChI is InChI=1S/C26H28N4O/c1-28-24-11-13-29(22-14-19-7-3-4-8-20(19)15-22)17-23(24)25(27-28)26(31)30-12-10-18-6-2-5-9-21(18)16-30/h2-9,22H,10-17H2,1H3. The summed E-state index contributed by atoms with van der Waals surface area (Å²) < 4.78 is 1.95. The van der Waals surface area contributed by atoms with Gasteiger partial charge in [-0.05, 0) is 41.5 Å². The summed E-state index contributed by atoms with van der Waals surface area (Å²) in [4.78, 5) is 18.1. The van der Waals surface area contributed by atoms with E-state index in [-0.39, 0.29) is 5.91 Å². The number of carbonyl (C=O) groups is 1. The lowest BCUT2D eigenvalue weighted by Gasteiger charge is -2.33. The second-order valence-corrected chi connectivity index (χ2v) is 9.19. The summed E-state index contributed by atoms with van der Waals surface area (Å²) in [6.45, 7) is 3.31. The maximum absolute atomic E-state index is 13.5. The molecule has 0 radical (unpaired) electrons. The molecule has 0 saturated carbocycles. The quantitative estimate of drug-likeness (QED) is 0.649. The fourth-order valence-corrected chi connectivity index (χ4v) is 5.71. The van der Waals surface area contributed by atoms with Crippen molar-refractivity contribution in [1.82, 2.24) is 19.6 Å². The Morgan fingerprint density at radius 3 is 2.29 bits per heavy atom. The van der Waals surface area contributed by atoms with Crippen LogP contribution < -0.4 is 0 Å². The number of rotatable bonds is 2. The molecule has 0 unspecified atom stereocenters. The number of nitrogens with zero attached hydrogens (tertiary/aromatic N) is 4. The monoisotopic (exact) mass is 412 g/mol. The number of aromatic nitrogens is 2. The maximum atomic E-state index is 13.5. The summed E-state index contributed by atoms with van der Waals surface area (Å²) in [7, 11) is 1.99. The van der Waals surface area contributed by atoms with E-state index in [4.69, 9.17) is 5.10 Å². The Balaban J connectivity index is 1.24. The van der Waals surface area contributed by atoms with E-state index in [1.54, 1.807) is 0 Å². The van der Waals surface area contributed by atoms with E-state index in [9.17, 15) is 4.79 Å². The molecular weight excluding hydrogens is 384 g/mol. The van der Waals surface area contributed by atoms with Crippen molar-refractivity contribution in [1.29, 1.82) is 0 Å². The van der Waals surface area contributed by atoms with Crippen molar-refractivity contribution in [3.05, 3.63) is 87.7 Å². The zero-order valence-electron chi connectivity index (χ0n) is 18.1. The van der Waals surface area contributed by atoms with Crippen molar-refractivity contribution < 1.29 is 4.79 Å². The molecule has 3 aromatic rings. The Hall–Kier alpha value is -2.92. The molecule has 3 heterocycles. The highest BCUT2D eigenvalue weighted by Crippen LogP contribution is 2.31. The van der Waals surface area contributed by atoms with Crippen molar-refractivity contribution in [3.8, 4) is 0 Å². The van der Waals surface area contributed by atoms with Crippen molar-refractivity contribution in [3.63, 3.8) is 0 Å². The highest BCUT2D eigenvalue weighted by Gasteiger charge is 2.34. The SMILES string of the molecule is Cn1nc(C(=O)N2CCc3ccccc3C2)c2c1CCN(C1Cc3ccccc3C1)C2. The Morgan fingerprint density at radius 2 is 1.55 bits per heavy atom. The largest absolute Gasteiger partial charge is 0.333 e. The smallest absolute Gasteiger partial charge is 0.275 e. The topological polar surface area (TPSA) is 41.4 Å². The van der Waals surface area contributed by atoms with Crippen LogP contribution in [0.5, 0.6) is 0 Å². The molecule has 6 rings (SSSR count). The van der Waals surface area contributed by atoms with E-state index in [0.29, 0.717) is 18.3 Å². The van der Waals surface area contributed by atoms with E-state index in [2.05, 4.69) is 53.4 Å². The molecule has 1 amide bonds. The lowest BCUT2D eigenvalue weighted by Crippen LogP contribution is -2.41. The van der Waals surface area contributed by atoms with Crippen molar-refractivity contribution in [2.24, 2.45) is 7.05 Å². The minimum Gasteiger partial charge on any atom is -0.333 e. The summed E-state index contributed by atoms with van der Waals surface area (Å²) >= 11 is 0. The van der Waals surface area contributed by atoms with E-state index < -0.39 is 0 Å². The van der Waals surface area contributed by atoms with Crippen LogP contribution in [0.15, 0.2) is 48.5 Å². The van der Waals surface area contributed by atoms with Gasteiger partial charge in [0.1, 0.15) is 0 Å². The van der Waals surface area contributed by atoms with E-state index >= 15 is 0 Å². The van der Waals surface area contributed by atoms with Crippen LogP contribution in [0.4, 0.5) is 0 Å². The average molecular weight is 413 g/mol. The Morgan fingerprint density at radius 1 is 0.871 bits per heavy atom. The van der Waals surface area contributed by atoms with Gasteiger partial charge in [-0.3, -0.25) is 14.4 Å². The molecule has 31 heavy (non-hydrogen) atoms. The lowest BCUT2D eigenvalue weighted by molar-refractivity contribution is 0.0724. The Labute approximate surface area is 183 Å². The number of amides is 1. The molecule has 3 aliphatic rings. The summed E-state index contributed by atoms with van der Waals surface area (Å²) in [6, 6.07) is 17.8. The van der Waals surface area contributed by atoms with Gasteiger partial charge in [0, 0.05) is 56.9 Å². The van der Waals surface area contributed by atoms with Gasteiger partial charge in [-0.15, -0.1) is 0 Å². The molecule has 0 fully saturated rings.